The Bertz CT molecular complexity index is 1090. The summed E-state index contributed by atoms with van der Waals surface area (Å²) in [7, 11) is 0. The number of aromatic nitrogens is 5. The van der Waals surface area contributed by atoms with Crippen molar-refractivity contribution in [2.24, 2.45) is 0 Å². The number of benzene rings is 1. The summed E-state index contributed by atoms with van der Waals surface area (Å²) >= 11 is 0. The van der Waals surface area contributed by atoms with Crippen molar-refractivity contribution in [2.75, 3.05) is 19.8 Å². The standard InChI is InChI=1S/C23H32N6O3/c1-3-21(22-25-26-27-29(22)18-7-5-6-8-18)28(11-12-30)15-17-13-16-14-19(32-4-2)9-10-20(16)24-23(17)31/h9-10,13-14,18,21,30H,3-8,11-12,15H2,1-2H3,(H,24,31). The second kappa shape index (κ2) is 10.2. The highest BCUT2D eigenvalue weighted by molar-refractivity contribution is 5.80. The Morgan fingerprint density at radius 1 is 1.28 bits per heavy atom. The van der Waals surface area contributed by atoms with E-state index < -0.39 is 0 Å². The lowest BCUT2D eigenvalue weighted by molar-refractivity contribution is 0.129. The Morgan fingerprint density at radius 3 is 2.81 bits per heavy atom. The maximum atomic E-state index is 12.8. The third-order valence-electron chi connectivity index (χ3n) is 6.28. The van der Waals surface area contributed by atoms with Crippen molar-refractivity contribution in [2.45, 2.75) is 64.6 Å². The van der Waals surface area contributed by atoms with E-state index in [2.05, 4.69) is 32.3 Å². The van der Waals surface area contributed by atoms with Gasteiger partial charge in [-0.1, -0.05) is 19.8 Å². The average molecular weight is 441 g/mol. The summed E-state index contributed by atoms with van der Waals surface area (Å²) in [6.45, 7) is 5.41. The van der Waals surface area contributed by atoms with Crippen LogP contribution in [0.25, 0.3) is 10.9 Å². The molecule has 2 aromatic heterocycles. The number of H-pyrrole nitrogens is 1. The molecule has 0 saturated heterocycles. The van der Waals surface area contributed by atoms with Crippen LogP contribution in [-0.4, -0.2) is 55.0 Å². The van der Waals surface area contributed by atoms with E-state index in [1.54, 1.807) is 0 Å². The summed E-state index contributed by atoms with van der Waals surface area (Å²) in [6.07, 6.45) is 5.32. The lowest BCUT2D eigenvalue weighted by Gasteiger charge is -2.30. The predicted octanol–water partition coefficient (Wildman–Crippen LogP) is 2.97. The smallest absolute Gasteiger partial charge is 0.252 e. The Balaban J connectivity index is 1.65. The van der Waals surface area contributed by atoms with Gasteiger partial charge in [-0.2, -0.15) is 0 Å². The van der Waals surface area contributed by atoms with Crippen LogP contribution < -0.4 is 10.3 Å². The number of pyridine rings is 1. The molecule has 1 saturated carbocycles. The molecule has 1 aromatic carbocycles. The number of tetrazole rings is 1. The van der Waals surface area contributed by atoms with Gasteiger partial charge in [0.1, 0.15) is 5.75 Å². The minimum Gasteiger partial charge on any atom is -0.494 e. The molecule has 0 spiro atoms. The first-order chi connectivity index (χ1) is 15.6. The maximum absolute atomic E-state index is 12.8. The number of nitrogens with zero attached hydrogens (tertiary/aromatic N) is 5. The molecule has 1 aliphatic rings. The molecular formula is C23H32N6O3. The fourth-order valence-electron chi connectivity index (χ4n) is 4.73. The molecule has 0 bridgehead atoms. The number of fused-ring (bicyclic) bond motifs is 1. The lowest BCUT2D eigenvalue weighted by Crippen LogP contribution is -2.35. The molecule has 32 heavy (non-hydrogen) atoms. The van der Waals surface area contributed by atoms with Gasteiger partial charge in [-0.25, -0.2) is 4.68 Å². The zero-order chi connectivity index (χ0) is 22.5. The van der Waals surface area contributed by atoms with Gasteiger partial charge in [0.2, 0.25) is 0 Å². The third-order valence-corrected chi connectivity index (χ3v) is 6.28. The highest BCUT2D eigenvalue weighted by Gasteiger charge is 2.29. The molecule has 0 radical (unpaired) electrons. The minimum absolute atomic E-state index is 0.0124. The first-order valence-corrected chi connectivity index (χ1v) is 11.6. The van der Waals surface area contributed by atoms with Gasteiger partial charge in [0.15, 0.2) is 5.82 Å². The topological polar surface area (TPSA) is 109 Å². The van der Waals surface area contributed by atoms with Crippen LogP contribution in [0.1, 0.15) is 69.4 Å². The van der Waals surface area contributed by atoms with Crippen LogP contribution in [0.5, 0.6) is 5.75 Å². The first kappa shape index (κ1) is 22.4. The number of aliphatic hydroxyl groups excluding tert-OH is 1. The summed E-state index contributed by atoms with van der Waals surface area (Å²) in [6, 6.07) is 7.80. The van der Waals surface area contributed by atoms with Gasteiger partial charge >= 0.3 is 0 Å². The van der Waals surface area contributed by atoms with Crippen molar-refractivity contribution in [1.29, 1.82) is 0 Å². The molecule has 172 valence electrons. The van der Waals surface area contributed by atoms with Gasteiger partial charge in [-0.3, -0.25) is 9.69 Å². The van der Waals surface area contributed by atoms with Crippen molar-refractivity contribution in [3.63, 3.8) is 0 Å². The van der Waals surface area contributed by atoms with E-state index in [9.17, 15) is 9.90 Å². The number of rotatable bonds is 10. The molecule has 4 rings (SSSR count). The largest absolute Gasteiger partial charge is 0.494 e. The number of aliphatic hydroxyl groups is 1. The van der Waals surface area contributed by atoms with Crippen molar-refractivity contribution in [3.05, 3.63) is 46.0 Å². The quantitative estimate of drug-likeness (QED) is 0.499. The van der Waals surface area contributed by atoms with Crippen LogP contribution >= 0.6 is 0 Å². The van der Waals surface area contributed by atoms with Crippen LogP contribution in [0.15, 0.2) is 29.1 Å². The summed E-state index contributed by atoms with van der Waals surface area (Å²) < 4.78 is 7.57. The van der Waals surface area contributed by atoms with E-state index in [1.807, 2.05) is 35.9 Å². The third kappa shape index (κ3) is 4.68. The van der Waals surface area contributed by atoms with Gasteiger partial charge in [0.25, 0.3) is 5.56 Å². The second-order valence-corrected chi connectivity index (χ2v) is 8.34. The van der Waals surface area contributed by atoms with Crippen LogP contribution in [0.3, 0.4) is 0 Å². The van der Waals surface area contributed by atoms with Crippen molar-refractivity contribution < 1.29 is 9.84 Å². The highest BCUT2D eigenvalue weighted by Crippen LogP contribution is 2.33. The van der Waals surface area contributed by atoms with E-state index in [0.29, 0.717) is 31.3 Å². The zero-order valence-electron chi connectivity index (χ0n) is 18.8. The minimum atomic E-state index is -0.130. The van der Waals surface area contributed by atoms with Gasteiger partial charge in [0, 0.05) is 29.6 Å². The molecule has 1 fully saturated rings. The summed E-state index contributed by atoms with van der Waals surface area (Å²) in [5, 5.41) is 23.3. The molecule has 1 atom stereocenters. The molecular weight excluding hydrogens is 408 g/mol. The van der Waals surface area contributed by atoms with Crippen LogP contribution in [0.4, 0.5) is 0 Å². The molecule has 2 heterocycles. The highest BCUT2D eigenvalue weighted by atomic mass is 16.5. The molecule has 0 amide bonds. The summed E-state index contributed by atoms with van der Waals surface area (Å²) in [5.41, 5.74) is 1.28. The van der Waals surface area contributed by atoms with E-state index in [0.717, 1.165) is 41.7 Å². The van der Waals surface area contributed by atoms with Gasteiger partial charge in [-0.15, -0.1) is 5.10 Å². The van der Waals surface area contributed by atoms with Crippen molar-refractivity contribution in [1.82, 2.24) is 30.1 Å². The molecule has 9 nitrogen and oxygen atoms in total. The first-order valence-electron chi connectivity index (χ1n) is 11.6. The van der Waals surface area contributed by atoms with E-state index >= 15 is 0 Å². The Labute approximate surface area is 187 Å². The van der Waals surface area contributed by atoms with E-state index in [-0.39, 0.29) is 18.2 Å². The van der Waals surface area contributed by atoms with Gasteiger partial charge in [0.05, 0.1) is 25.3 Å². The zero-order valence-corrected chi connectivity index (χ0v) is 18.8. The number of ether oxygens (including phenoxy) is 1. The molecule has 1 aliphatic carbocycles. The van der Waals surface area contributed by atoms with Crippen molar-refractivity contribution in [3.8, 4) is 5.75 Å². The van der Waals surface area contributed by atoms with Crippen molar-refractivity contribution >= 4 is 10.9 Å². The Kier molecular flexibility index (Phi) is 7.16. The lowest BCUT2D eigenvalue weighted by atomic mass is 10.1. The second-order valence-electron chi connectivity index (χ2n) is 8.34. The summed E-state index contributed by atoms with van der Waals surface area (Å²) in [5.74, 6) is 1.58. The van der Waals surface area contributed by atoms with Crippen LogP contribution in [-0.2, 0) is 6.54 Å². The van der Waals surface area contributed by atoms with Crippen LogP contribution in [0, 0.1) is 0 Å². The fraction of sp³-hybridized carbons (Fsp3) is 0.565. The monoisotopic (exact) mass is 440 g/mol. The number of aromatic amines is 1. The molecule has 3 aromatic rings. The molecule has 0 aliphatic heterocycles. The summed E-state index contributed by atoms with van der Waals surface area (Å²) in [4.78, 5) is 17.9. The number of nitrogens with one attached hydrogen (secondary N) is 1. The number of hydrogen-bond acceptors (Lipinski definition) is 7. The fourth-order valence-corrected chi connectivity index (χ4v) is 4.73. The van der Waals surface area contributed by atoms with Gasteiger partial charge in [-0.05, 0) is 60.9 Å². The Morgan fingerprint density at radius 2 is 2.09 bits per heavy atom. The Hall–Kier alpha value is -2.78. The van der Waals surface area contributed by atoms with E-state index in [1.165, 1.54) is 12.8 Å². The SMILES string of the molecule is CCOc1ccc2[nH]c(=O)c(CN(CCO)C(CC)c3nnnn3C3CCCC3)cc2c1. The average Bonchev–Trinajstić information content (AvgIpc) is 3.47. The molecule has 9 heteroatoms. The van der Waals surface area contributed by atoms with Crippen LogP contribution in [0.2, 0.25) is 0 Å². The maximum Gasteiger partial charge on any atom is 0.252 e. The molecule has 2 N–H and O–H groups in total. The normalized spacial score (nSPS) is 15.6. The van der Waals surface area contributed by atoms with E-state index in [4.69, 9.17) is 4.74 Å². The van der Waals surface area contributed by atoms with Gasteiger partial charge < -0.3 is 14.8 Å². The predicted molar refractivity (Wildman–Crippen MR) is 122 cm³/mol. The molecule has 1 unspecified atom stereocenters. The number of hydrogen-bond donors (Lipinski definition) is 2.